The lowest BCUT2D eigenvalue weighted by Gasteiger charge is -2.33. The van der Waals surface area contributed by atoms with Crippen LogP contribution in [0.5, 0.6) is 0 Å². The fraction of sp³-hybridized carbons (Fsp3) is 0.588. The molecular weight excluding hydrogens is 312 g/mol. The highest BCUT2D eigenvalue weighted by molar-refractivity contribution is 7.91. The summed E-state index contributed by atoms with van der Waals surface area (Å²) in [4.78, 5) is 13.7. The predicted molar refractivity (Wildman–Crippen MR) is 92.2 cm³/mol. The van der Waals surface area contributed by atoms with E-state index in [1.54, 1.807) is 11.8 Å². The van der Waals surface area contributed by atoms with E-state index < -0.39 is 9.84 Å². The van der Waals surface area contributed by atoms with Gasteiger partial charge in [-0.25, -0.2) is 13.2 Å². The molecule has 1 fully saturated rings. The average molecular weight is 338 g/mol. The number of nitrogens with zero attached hydrogens (tertiary/aromatic N) is 1. The summed E-state index contributed by atoms with van der Waals surface area (Å²) in [5.74, 6) is 0.138. The Kier molecular flexibility index (Phi) is 6.45. The molecule has 6 heteroatoms. The number of carbonyl (C=O) groups excluding carboxylic acids is 1. The lowest BCUT2D eigenvalue weighted by Crippen LogP contribution is -2.53. The number of hydrogen-bond donors (Lipinski definition) is 1. The summed E-state index contributed by atoms with van der Waals surface area (Å²) in [6, 6.07) is 10.0. The summed E-state index contributed by atoms with van der Waals surface area (Å²) in [5.41, 5.74) is 1.35. The number of unbranched alkanes of at least 4 members (excludes halogenated alkanes) is 2. The standard InChI is InChI=1S/C17H26N2O3S/c1-15-14-23(21,22)13-12-19(15)17(20)18-11-7-3-6-10-16-8-4-2-5-9-16/h2,4-5,8-9,15H,3,6-7,10-14H2,1H3,(H,18,20)/t15-/m0/s1. The number of nitrogens with one attached hydrogen (secondary N) is 1. The molecule has 1 atom stereocenters. The van der Waals surface area contributed by atoms with Crippen LogP contribution in [0.25, 0.3) is 0 Å². The van der Waals surface area contributed by atoms with Gasteiger partial charge in [-0.15, -0.1) is 0 Å². The molecule has 0 spiro atoms. The van der Waals surface area contributed by atoms with E-state index in [4.69, 9.17) is 0 Å². The van der Waals surface area contributed by atoms with E-state index in [2.05, 4.69) is 29.6 Å². The Hall–Kier alpha value is -1.56. The molecule has 1 aromatic rings. The van der Waals surface area contributed by atoms with E-state index in [0.29, 0.717) is 13.1 Å². The van der Waals surface area contributed by atoms with Gasteiger partial charge in [-0.3, -0.25) is 0 Å². The van der Waals surface area contributed by atoms with E-state index in [0.717, 1.165) is 25.7 Å². The molecule has 0 saturated carbocycles. The minimum atomic E-state index is -2.98. The first-order valence-corrected chi connectivity index (χ1v) is 10.1. The number of carbonyl (C=O) groups is 1. The molecule has 0 radical (unpaired) electrons. The maximum Gasteiger partial charge on any atom is 0.317 e. The van der Waals surface area contributed by atoms with Crippen LogP contribution in [0.3, 0.4) is 0 Å². The zero-order chi connectivity index (χ0) is 16.7. The van der Waals surface area contributed by atoms with Crippen molar-refractivity contribution >= 4 is 15.9 Å². The quantitative estimate of drug-likeness (QED) is 0.809. The number of amides is 2. The second kappa shape index (κ2) is 8.34. The second-order valence-electron chi connectivity index (χ2n) is 6.18. The maximum atomic E-state index is 12.1. The van der Waals surface area contributed by atoms with Crippen LogP contribution < -0.4 is 5.32 Å². The van der Waals surface area contributed by atoms with Crippen LogP contribution >= 0.6 is 0 Å². The number of sulfone groups is 1. The molecule has 0 aromatic heterocycles. The predicted octanol–water partition coefficient (Wildman–Crippen LogP) is 2.23. The summed E-state index contributed by atoms with van der Waals surface area (Å²) in [5, 5.41) is 2.90. The first kappa shape index (κ1) is 17.8. The molecule has 128 valence electrons. The number of urea groups is 1. The van der Waals surface area contributed by atoms with Gasteiger partial charge in [-0.2, -0.15) is 0 Å². The molecule has 1 saturated heterocycles. The highest BCUT2D eigenvalue weighted by atomic mass is 32.2. The summed E-state index contributed by atoms with van der Waals surface area (Å²) < 4.78 is 23.0. The lowest BCUT2D eigenvalue weighted by molar-refractivity contribution is 0.185. The third-order valence-electron chi connectivity index (χ3n) is 4.19. The van der Waals surface area contributed by atoms with E-state index in [9.17, 15) is 13.2 Å². The normalized spacial score (nSPS) is 20.2. The molecule has 0 unspecified atom stereocenters. The van der Waals surface area contributed by atoms with Gasteiger partial charge in [-0.1, -0.05) is 36.8 Å². The first-order valence-electron chi connectivity index (χ1n) is 8.27. The van der Waals surface area contributed by atoms with E-state index >= 15 is 0 Å². The monoisotopic (exact) mass is 338 g/mol. The van der Waals surface area contributed by atoms with Crippen LogP contribution in [-0.4, -0.2) is 50.0 Å². The second-order valence-corrected chi connectivity index (χ2v) is 8.41. The van der Waals surface area contributed by atoms with Crippen molar-refractivity contribution in [1.82, 2.24) is 10.2 Å². The Morgan fingerprint density at radius 2 is 1.96 bits per heavy atom. The third-order valence-corrected chi connectivity index (χ3v) is 5.99. The van der Waals surface area contributed by atoms with Crippen molar-refractivity contribution in [3.8, 4) is 0 Å². The zero-order valence-corrected chi connectivity index (χ0v) is 14.5. The van der Waals surface area contributed by atoms with Gasteiger partial charge >= 0.3 is 6.03 Å². The van der Waals surface area contributed by atoms with Crippen molar-refractivity contribution in [1.29, 1.82) is 0 Å². The van der Waals surface area contributed by atoms with Gasteiger partial charge in [0.05, 0.1) is 11.5 Å². The van der Waals surface area contributed by atoms with Crippen molar-refractivity contribution in [2.75, 3.05) is 24.6 Å². The van der Waals surface area contributed by atoms with Crippen LogP contribution in [0.2, 0.25) is 0 Å². The van der Waals surface area contributed by atoms with Gasteiger partial charge in [0.15, 0.2) is 9.84 Å². The summed E-state index contributed by atoms with van der Waals surface area (Å²) in [7, 11) is -2.98. The summed E-state index contributed by atoms with van der Waals surface area (Å²) in [6.07, 6.45) is 4.19. The molecule has 2 amide bonds. The van der Waals surface area contributed by atoms with Crippen LogP contribution in [0.4, 0.5) is 4.79 Å². The summed E-state index contributed by atoms with van der Waals surface area (Å²) in [6.45, 7) is 2.73. The molecule has 2 rings (SSSR count). The molecule has 1 heterocycles. The van der Waals surface area contributed by atoms with Gasteiger partial charge in [-0.05, 0) is 31.7 Å². The number of hydrogen-bond acceptors (Lipinski definition) is 3. The fourth-order valence-electron chi connectivity index (χ4n) is 2.87. The molecule has 1 N–H and O–H groups in total. The number of benzene rings is 1. The Morgan fingerprint density at radius 1 is 1.22 bits per heavy atom. The highest BCUT2D eigenvalue weighted by Gasteiger charge is 2.30. The van der Waals surface area contributed by atoms with Crippen molar-refractivity contribution in [3.05, 3.63) is 35.9 Å². The molecule has 23 heavy (non-hydrogen) atoms. The molecule has 5 nitrogen and oxygen atoms in total. The first-order chi connectivity index (χ1) is 11.0. The van der Waals surface area contributed by atoms with Crippen molar-refractivity contribution < 1.29 is 13.2 Å². The fourth-order valence-corrected chi connectivity index (χ4v) is 4.43. The SMILES string of the molecule is C[C@H]1CS(=O)(=O)CCN1C(=O)NCCCCCc1ccccc1. The highest BCUT2D eigenvalue weighted by Crippen LogP contribution is 2.11. The Labute approximate surface area is 139 Å². The van der Waals surface area contributed by atoms with Crippen molar-refractivity contribution in [3.63, 3.8) is 0 Å². The minimum absolute atomic E-state index is 0.0670. The number of aryl methyl sites for hydroxylation is 1. The molecule has 1 aromatic carbocycles. The van der Waals surface area contributed by atoms with Crippen LogP contribution in [0.15, 0.2) is 30.3 Å². The molecule has 1 aliphatic rings. The van der Waals surface area contributed by atoms with Crippen molar-refractivity contribution in [2.45, 2.75) is 38.6 Å². The Bertz CT molecular complexity index is 602. The lowest BCUT2D eigenvalue weighted by atomic mass is 10.1. The van der Waals surface area contributed by atoms with Gasteiger partial charge < -0.3 is 10.2 Å². The maximum absolute atomic E-state index is 12.1. The summed E-state index contributed by atoms with van der Waals surface area (Å²) >= 11 is 0. The van der Waals surface area contributed by atoms with Gasteiger partial charge in [0.2, 0.25) is 0 Å². The van der Waals surface area contributed by atoms with Crippen LogP contribution in [-0.2, 0) is 16.3 Å². The zero-order valence-electron chi connectivity index (χ0n) is 13.7. The van der Waals surface area contributed by atoms with E-state index in [1.165, 1.54) is 5.56 Å². The average Bonchev–Trinajstić information content (AvgIpc) is 2.50. The smallest absolute Gasteiger partial charge is 0.317 e. The minimum Gasteiger partial charge on any atom is -0.338 e. The molecule has 0 bridgehead atoms. The Balaban J connectivity index is 1.60. The molecule has 0 aliphatic carbocycles. The van der Waals surface area contributed by atoms with E-state index in [1.807, 2.05) is 6.07 Å². The third kappa shape index (κ3) is 5.86. The molecular formula is C17H26N2O3S. The van der Waals surface area contributed by atoms with Gasteiger partial charge in [0.1, 0.15) is 0 Å². The topological polar surface area (TPSA) is 66.5 Å². The van der Waals surface area contributed by atoms with Gasteiger partial charge in [0, 0.05) is 19.1 Å². The number of rotatable bonds is 6. The van der Waals surface area contributed by atoms with Crippen LogP contribution in [0.1, 0.15) is 31.7 Å². The largest absolute Gasteiger partial charge is 0.338 e. The van der Waals surface area contributed by atoms with Gasteiger partial charge in [0.25, 0.3) is 0 Å². The van der Waals surface area contributed by atoms with E-state index in [-0.39, 0.29) is 23.6 Å². The van der Waals surface area contributed by atoms with Crippen LogP contribution in [0, 0.1) is 0 Å². The molecule has 1 aliphatic heterocycles. The Morgan fingerprint density at radius 3 is 2.65 bits per heavy atom. The van der Waals surface area contributed by atoms with Crippen molar-refractivity contribution in [2.24, 2.45) is 0 Å².